The summed E-state index contributed by atoms with van der Waals surface area (Å²) in [6, 6.07) is 2.11. The molecular formula is C9H7NO6. The van der Waals surface area contributed by atoms with Gasteiger partial charge in [0.05, 0.1) is 11.0 Å². The van der Waals surface area contributed by atoms with Crippen LogP contribution in [0.25, 0.3) is 0 Å². The fraction of sp³-hybridized carbons (Fsp3) is 0.222. The van der Waals surface area contributed by atoms with Crippen LogP contribution in [-0.2, 0) is 0 Å². The van der Waals surface area contributed by atoms with Crippen molar-refractivity contribution in [2.75, 3.05) is 13.2 Å². The van der Waals surface area contributed by atoms with Gasteiger partial charge in [-0.15, -0.1) is 0 Å². The molecule has 2 rings (SSSR count). The van der Waals surface area contributed by atoms with Gasteiger partial charge in [-0.25, -0.2) is 4.79 Å². The van der Waals surface area contributed by atoms with E-state index in [4.69, 9.17) is 14.6 Å². The molecule has 0 aromatic heterocycles. The third kappa shape index (κ3) is 1.62. The van der Waals surface area contributed by atoms with Crippen molar-refractivity contribution in [1.29, 1.82) is 0 Å². The lowest BCUT2D eigenvalue weighted by Gasteiger charge is -2.19. The molecule has 0 amide bonds. The molecule has 0 saturated heterocycles. The third-order valence-corrected chi connectivity index (χ3v) is 2.07. The Morgan fingerprint density at radius 1 is 1.38 bits per heavy atom. The largest absolute Gasteiger partial charge is 0.486 e. The number of nitro groups is 1. The predicted molar refractivity (Wildman–Crippen MR) is 51.0 cm³/mol. The van der Waals surface area contributed by atoms with E-state index in [0.29, 0.717) is 0 Å². The maximum absolute atomic E-state index is 10.9. The Bertz CT molecular complexity index is 469. The topological polar surface area (TPSA) is 98.9 Å². The minimum Gasteiger partial charge on any atom is -0.486 e. The minimum absolute atomic E-state index is 0.0457. The molecule has 1 heterocycles. The fourth-order valence-corrected chi connectivity index (χ4v) is 1.40. The number of carboxylic acid groups (broad SMARTS) is 1. The maximum Gasteiger partial charge on any atom is 0.339 e. The number of hydrogen-bond donors (Lipinski definition) is 1. The van der Waals surface area contributed by atoms with E-state index >= 15 is 0 Å². The molecule has 1 aliphatic rings. The Kier molecular flexibility index (Phi) is 2.35. The molecule has 1 N–H and O–H groups in total. The van der Waals surface area contributed by atoms with Gasteiger partial charge in [0, 0.05) is 6.07 Å². The van der Waals surface area contributed by atoms with Gasteiger partial charge >= 0.3 is 5.97 Å². The fourth-order valence-electron chi connectivity index (χ4n) is 1.40. The van der Waals surface area contributed by atoms with Gasteiger partial charge in [0.1, 0.15) is 18.8 Å². The second-order valence-electron chi connectivity index (χ2n) is 3.08. The molecule has 0 aliphatic carbocycles. The minimum atomic E-state index is -1.29. The van der Waals surface area contributed by atoms with Crippen LogP contribution in [0.1, 0.15) is 10.4 Å². The lowest BCUT2D eigenvalue weighted by molar-refractivity contribution is -0.385. The van der Waals surface area contributed by atoms with Gasteiger partial charge in [-0.05, 0) is 0 Å². The zero-order valence-corrected chi connectivity index (χ0v) is 8.00. The molecule has 7 nitrogen and oxygen atoms in total. The van der Waals surface area contributed by atoms with Crippen LogP contribution >= 0.6 is 0 Å². The zero-order chi connectivity index (χ0) is 11.7. The van der Waals surface area contributed by atoms with Crippen LogP contribution in [0.2, 0.25) is 0 Å². The van der Waals surface area contributed by atoms with Crippen LogP contribution in [0.5, 0.6) is 11.5 Å². The Morgan fingerprint density at radius 3 is 2.69 bits per heavy atom. The van der Waals surface area contributed by atoms with Crippen molar-refractivity contribution < 1.29 is 24.3 Å². The Hall–Kier alpha value is -2.31. The lowest BCUT2D eigenvalue weighted by Crippen LogP contribution is -2.18. The summed E-state index contributed by atoms with van der Waals surface area (Å²) in [5.74, 6) is -1.15. The first-order valence-electron chi connectivity index (χ1n) is 4.41. The van der Waals surface area contributed by atoms with Gasteiger partial charge in [-0.1, -0.05) is 0 Å². The second kappa shape index (κ2) is 3.69. The average Bonchev–Trinajstić information content (AvgIpc) is 2.27. The Balaban J connectivity index is 2.61. The van der Waals surface area contributed by atoms with E-state index < -0.39 is 10.9 Å². The first-order valence-corrected chi connectivity index (χ1v) is 4.41. The smallest absolute Gasteiger partial charge is 0.339 e. The predicted octanol–water partition coefficient (Wildman–Crippen LogP) is 1.06. The number of benzene rings is 1. The van der Waals surface area contributed by atoms with Gasteiger partial charge in [-0.3, -0.25) is 10.1 Å². The summed E-state index contributed by atoms with van der Waals surface area (Å²) in [6.07, 6.45) is 0. The van der Waals surface area contributed by atoms with Crippen LogP contribution < -0.4 is 9.47 Å². The standard InChI is InChI=1S/C9H7NO6/c11-9(12)6-3-5(10(13)14)4-7-8(6)16-2-1-15-7/h3-4H,1-2H2,(H,11,12). The molecule has 16 heavy (non-hydrogen) atoms. The summed E-state index contributed by atoms with van der Waals surface area (Å²) >= 11 is 0. The number of carboxylic acids is 1. The highest BCUT2D eigenvalue weighted by atomic mass is 16.6. The van der Waals surface area contributed by atoms with Crippen molar-refractivity contribution in [3.8, 4) is 11.5 Å². The molecule has 0 radical (unpaired) electrons. The Morgan fingerprint density at radius 2 is 2.06 bits per heavy atom. The van der Waals surface area contributed by atoms with Gasteiger partial charge in [0.25, 0.3) is 5.69 Å². The average molecular weight is 225 g/mol. The maximum atomic E-state index is 10.9. The molecule has 84 valence electrons. The van der Waals surface area contributed by atoms with Crippen LogP contribution in [-0.4, -0.2) is 29.2 Å². The number of non-ortho nitro benzene ring substituents is 1. The molecule has 0 spiro atoms. The van der Waals surface area contributed by atoms with Crippen LogP contribution in [0.15, 0.2) is 12.1 Å². The van der Waals surface area contributed by atoms with E-state index in [1.54, 1.807) is 0 Å². The molecule has 0 fully saturated rings. The molecular weight excluding hydrogens is 218 g/mol. The van der Waals surface area contributed by atoms with Crippen molar-refractivity contribution in [3.05, 3.63) is 27.8 Å². The summed E-state index contributed by atoms with van der Waals surface area (Å²) < 4.78 is 10.2. The monoisotopic (exact) mass is 225 g/mol. The summed E-state index contributed by atoms with van der Waals surface area (Å²) in [5.41, 5.74) is -0.592. The van der Waals surface area contributed by atoms with Crippen molar-refractivity contribution >= 4 is 11.7 Å². The number of aromatic carboxylic acids is 1. The lowest BCUT2D eigenvalue weighted by atomic mass is 10.1. The van der Waals surface area contributed by atoms with Crippen LogP contribution in [0.3, 0.4) is 0 Å². The summed E-state index contributed by atoms with van der Waals surface area (Å²) in [5, 5.41) is 19.5. The van der Waals surface area contributed by atoms with E-state index in [2.05, 4.69) is 0 Å². The van der Waals surface area contributed by atoms with Crippen molar-refractivity contribution in [3.63, 3.8) is 0 Å². The normalized spacial score (nSPS) is 13.2. The molecule has 1 aromatic rings. The molecule has 0 unspecified atom stereocenters. The van der Waals surface area contributed by atoms with E-state index in [1.165, 1.54) is 0 Å². The van der Waals surface area contributed by atoms with Crippen LogP contribution in [0.4, 0.5) is 5.69 Å². The van der Waals surface area contributed by atoms with E-state index in [0.717, 1.165) is 12.1 Å². The molecule has 1 aromatic carbocycles. The Labute approximate surface area is 89.4 Å². The number of fused-ring (bicyclic) bond motifs is 1. The number of hydrogen-bond acceptors (Lipinski definition) is 5. The number of ether oxygens (including phenoxy) is 2. The first kappa shape index (κ1) is 10.2. The van der Waals surface area contributed by atoms with Gasteiger partial charge in [0.15, 0.2) is 11.5 Å². The summed E-state index contributed by atoms with van der Waals surface area (Å²) in [7, 11) is 0. The third-order valence-electron chi connectivity index (χ3n) is 2.07. The number of nitro benzene ring substituents is 1. The molecule has 1 aliphatic heterocycles. The zero-order valence-electron chi connectivity index (χ0n) is 8.00. The number of carbonyl (C=O) groups is 1. The summed E-state index contributed by atoms with van der Waals surface area (Å²) in [4.78, 5) is 20.8. The highest BCUT2D eigenvalue weighted by molar-refractivity contribution is 5.93. The molecule has 0 saturated carbocycles. The van der Waals surface area contributed by atoms with E-state index in [9.17, 15) is 14.9 Å². The first-order chi connectivity index (χ1) is 7.59. The van der Waals surface area contributed by atoms with Gasteiger partial charge in [-0.2, -0.15) is 0 Å². The molecule has 0 bridgehead atoms. The SMILES string of the molecule is O=C(O)c1cc([N+](=O)[O-])cc2c1OCCO2. The van der Waals surface area contributed by atoms with Gasteiger partial charge in [0.2, 0.25) is 0 Å². The van der Waals surface area contributed by atoms with E-state index in [1.807, 2.05) is 0 Å². The summed E-state index contributed by atoms with van der Waals surface area (Å²) in [6.45, 7) is 0.471. The van der Waals surface area contributed by atoms with Crippen molar-refractivity contribution in [2.45, 2.75) is 0 Å². The second-order valence-corrected chi connectivity index (χ2v) is 3.08. The quantitative estimate of drug-likeness (QED) is 0.596. The highest BCUT2D eigenvalue weighted by Gasteiger charge is 2.25. The van der Waals surface area contributed by atoms with E-state index in [-0.39, 0.29) is 36.0 Å². The highest BCUT2D eigenvalue weighted by Crippen LogP contribution is 2.37. The van der Waals surface area contributed by atoms with Crippen molar-refractivity contribution in [2.24, 2.45) is 0 Å². The number of rotatable bonds is 2. The van der Waals surface area contributed by atoms with Crippen LogP contribution in [0, 0.1) is 10.1 Å². The van der Waals surface area contributed by atoms with Gasteiger partial charge < -0.3 is 14.6 Å². The molecule has 0 atom stereocenters. The van der Waals surface area contributed by atoms with Crippen molar-refractivity contribution in [1.82, 2.24) is 0 Å². The molecule has 7 heteroatoms. The number of nitrogens with zero attached hydrogens (tertiary/aromatic N) is 1.